The van der Waals surface area contributed by atoms with Gasteiger partial charge in [0, 0.05) is 31.3 Å². The Kier molecular flexibility index (Phi) is 6.40. The summed E-state index contributed by atoms with van der Waals surface area (Å²) in [6.45, 7) is 7.71. The monoisotopic (exact) mass is 310 g/mol. The molecule has 0 saturated heterocycles. The third-order valence-corrected chi connectivity index (χ3v) is 3.43. The number of para-hydroxylation sites is 1. The Morgan fingerprint density at radius 2 is 2.00 bits per heavy atom. The van der Waals surface area contributed by atoms with Crippen LogP contribution in [0.3, 0.4) is 0 Å². The van der Waals surface area contributed by atoms with E-state index in [0.717, 1.165) is 24.4 Å². The maximum atomic E-state index is 13.0. The Morgan fingerprint density at radius 3 is 2.50 bits per heavy atom. The van der Waals surface area contributed by atoms with Gasteiger partial charge >= 0.3 is 6.18 Å². The molecule has 0 aliphatic heterocycles. The van der Waals surface area contributed by atoms with Gasteiger partial charge in [0.15, 0.2) is 0 Å². The number of anilines is 1. The van der Waals surface area contributed by atoms with Gasteiger partial charge < -0.3 is 4.90 Å². The number of allylic oxidation sites excluding steroid dienone is 1. The molecule has 0 aromatic heterocycles. The first kappa shape index (κ1) is 18.0. The second-order valence-corrected chi connectivity index (χ2v) is 4.93. The summed E-state index contributed by atoms with van der Waals surface area (Å²) in [7, 11) is 1.31. The smallest absolute Gasteiger partial charge is 0.324 e. The van der Waals surface area contributed by atoms with Gasteiger partial charge in [0.25, 0.3) is 0 Å². The minimum Gasteiger partial charge on any atom is -0.324 e. The zero-order valence-electron chi connectivity index (χ0n) is 13.1. The first-order valence-corrected chi connectivity index (χ1v) is 7.06. The molecule has 2 nitrogen and oxygen atoms in total. The van der Waals surface area contributed by atoms with Crippen molar-refractivity contribution in [3.05, 3.63) is 54.4 Å². The largest absolute Gasteiger partial charge is 0.419 e. The number of nitrogens with zero attached hydrogens (tertiary/aromatic N) is 2. The fraction of sp³-hybridized carbons (Fsp3) is 0.353. The second kappa shape index (κ2) is 7.82. The number of aliphatic imine (C=N–C) groups is 1. The van der Waals surface area contributed by atoms with Crippen molar-refractivity contribution < 1.29 is 13.2 Å². The van der Waals surface area contributed by atoms with Crippen LogP contribution in [0.4, 0.5) is 18.9 Å². The standard InChI is InChI=1S/C17H21F3N2/c1-5-13(3)15-9-7-8-10-16(15)22(6-2)12-14(11-21-4)17(18,19)20/h6-13H,2,5H2,1,3-4H3/b14-12-,21-11-. The summed E-state index contributed by atoms with van der Waals surface area (Å²) in [5.41, 5.74) is 0.850. The van der Waals surface area contributed by atoms with Gasteiger partial charge in [0.05, 0.1) is 5.57 Å². The van der Waals surface area contributed by atoms with Gasteiger partial charge in [0.2, 0.25) is 0 Å². The highest BCUT2D eigenvalue weighted by Crippen LogP contribution is 2.32. The molecular formula is C17H21F3N2. The predicted molar refractivity (Wildman–Crippen MR) is 86.4 cm³/mol. The van der Waals surface area contributed by atoms with Crippen LogP contribution in [-0.2, 0) is 0 Å². The molecule has 1 aromatic carbocycles. The Bertz CT molecular complexity index is 559. The number of halogens is 3. The molecule has 0 spiro atoms. The Hall–Kier alpha value is -2.04. The van der Waals surface area contributed by atoms with Crippen molar-refractivity contribution in [3.63, 3.8) is 0 Å². The number of hydrogen-bond acceptors (Lipinski definition) is 2. The number of alkyl halides is 3. The molecule has 0 heterocycles. The van der Waals surface area contributed by atoms with Gasteiger partial charge in [-0.3, -0.25) is 4.99 Å². The lowest BCUT2D eigenvalue weighted by atomic mass is 9.96. The highest BCUT2D eigenvalue weighted by Gasteiger charge is 2.33. The lowest BCUT2D eigenvalue weighted by molar-refractivity contribution is -0.0857. The molecule has 5 heteroatoms. The third kappa shape index (κ3) is 4.48. The van der Waals surface area contributed by atoms with Crippen LogP contribution in [0.5, 0.6) is 0 Å². The Labute approximate surface area is 129 Å². The van der Waals surface area contributed by atoms with E-state index in [1.165, 1.54) is 18.1 Å². The normalized spacial score (nSPS) is 14.2. The first-order chi connectivity index (χ1) is 10.3. The van der Waals surface area contributed by atoms with E-state index < -0.39 is 11.7 Å². The van der Waals surface area contributed by atoms with Gasteiger partial charge in [0.1, 0.15) is 0 Å². The molecule has 0 fully saturated rings. The molecule has 0 saturated carbocycles. The van der Waals surface area contributed by atoms with Crippen LogP contribution in [0.25, 0.3) is 0 Å². The van der Waals surface area contributed by atoms with Crippen LogP contribution in [0.15, 0.2) is 53.8 Å². The molecule has 120 valence electrons. The van der Waals surface area contributed by atoms with E-state index >= 15 is 0 Å². The summed E-state index contributed by atoms with van der Waals surface area (Å²) in [6, 6.07) is 7.40. The van der Waals surface area contributed by atoms with E-state index in [9.17, 15) is 13.2 Å². The van der Waals surface area contributed by atoms with Gasteiger partial charge in [-0.25, -0.2) is 0 Å². The number of hydrogen-bond donors (Lipinski definition) is 0. The maximum absolute atomic E-state index is 13.0. The quantitative estimate of drug-likeness (QED) is 0.651. The van der Waals surface area contributed by atoms with Gasteiger partial charge in [-0.1, -0.05) is 38.6 Å². The Morgan fingerprint density at radius 1 is 1.36 bits per heavy atom. The molecular weight excluding hydrogens is 289 g/mol. The van der Waals surface area contributed by atoms with Crippen molar-refractivity contribution in [1.82, 2.24) is 0 Å². The average Bonchev–Trinajstić information content (AvgIpc) is 2.49. The minimum absolute atomic E-state index is 0.237. The van der Waals surface area contributed by atoms with E-state index in [0.29, 0.717) is 5.69 Å². The van der Waals surface area contributed by atoms with Crippen molar-refractivity contribution in [3.8, 4) is 0 Å². The van der Waals surface area contributed by atoms with Crippen molar-refractivity contribution in [2.24, 2.45) is 4.99 Å². The lowest BCUT2D eigenvalue weighted by Crippen LogP contribution is -2.19. The van der Waals surface area contributed by atoms with E-state index in [1.807, 2.05) is 26.0 Å². The van der Waals surface area contributed by atoms with Crippen LogP contribution in [-0.4, -0.2) is 19.4 Å². The zero-order chi connectivity index (χ0) is 16.8. The molecule has 0 bridgehead atoms. The zero-order valence-corrected chi connectivity index (χ0v) is 13.1. The molecule has 1 aromatic rings. The van der Waals surface area contributed by atoms with Gasteiger partial charge in [-0.05, 0) is 24.0 Å². The summed E-state index contributed by atoms with van der Waals surface area (Å²) in [5, 5.41) is 0. The van der Waals surface area contributed by atoms with E-state index in [1.54, 1.807) is 12.1 Å². The van der Waals surface area contributed by atoms with E-state index in [2.05, 4.69) is 11.6 Å². The van der Waals surface area contributed by atoms with Crippen LogP contribution in [0, 0.1) is 0 Å². The van der Waals surface area contributed by atoms with E-state index in [-0.39, 0.29) is 5.92 Å². The third-order valence-electron chi connectivity index (χ3n) is 3.43. The summed E-state index contributed by atoms with van der Waals surface area (Å²) in [6.07, 6.45) is -0.375. The molecule has 1 rings (SSSR count). The average molecular weight is 310 g/mol. The van der Waals surface area contributed by atoms with Gasteiger partial charge in [-0.15, -0.1) is 0 Å². The summed E-state index contributed by atoms with van der Waals surface area (Å²) in [5.74, 6) is 0.237. The molecule has 1 atom stereocenters. The first-order valence-electron chi connectivity index (χ1n) is 7.06. The summed E-state index contributed by atoms with van der Waals surface area (Å²) in [4.78, 5) is 4.88. The second-order valence-electron chi connectivity index (χ2n) is 4.93. The summed E-state index contributed by atoms with van der Waals surface area (Å²) >= 11 is 0. The van der Waals surface area contributed by atoms with Crippen molar-refractivity contribution in [2.45, 2.75) is 32.4 Å². The van der Waals surface area contributed by atoms with Crippen LogP contribution in [0.1, 0.15) is 31.7 Å². The molecule has 0 amide bonds. The van der Waals surface area contributed by atoms with Crippen LogP contribution in [0.2, 0.25) is 0 Å². The topological polar surface area (TPSA) is 15.6 Å². The van der Waals surface area contributed by atoms with Gasteiger partial charge in [-0.2, -0.15) is 13.2 Å². The highest BCUT2D eigenvalue weighted by molar-refractivity contribution is 5.81. The fourth-order valence-corrected chi connectivity index (χ4v) is 2.05. The van der Waals surface area contributed by atoms with Crippen molar-refractivity contribution in [2.75, 3.05) is 11.9 Å². The number of benzene rings is 1. The molecule has 22 heavy (non-hydrogen) atoms. The van der Waals surface area contributed by atoms with Crippen LogP contribution < -0.4 is 4.90 Å². The maximum Gasteiger partial charge on any atom is 0.419 e. The molecule has 0 radical (unpaired) electrons. The molecule has 1 unspecified atom stereocenters. The van der Waals surface area contributed by atoms with Crippen LogP contribution >= 0.6 is 0 Å². The minimum atomic E-state index is -4.47. The van der Waals surface area contributed by atoms with E-state index in [4.69, 9.17) is 0 Å². The predicted octanol–water partition coefficient (Wildman–Crippen LogP) is 5.30. The summed E-state index contributed by atoms with van der Waals surface area (Å²) < 4.78 is 39.1. The van der Waals surface area contributed by atoms with Crippen molar-refractivity contribution in [1.29, 1.82) is 0 Å². The number of rotatable bonds is 6. The molecule has 0 aliphatic carbocycles. The fourth-order valence-electron chi connectivity index (χ4n) is 2.05. The SMILES string of the molecule is C=CN(/C=C(/C=N\C)C(F)(F)F)c1ccccc1C(C)CC. The highest BCUT2D eigenvalue weighted by atomic mass is 19.4. The molecule has 0 N–H and O–H groups in total. The lowest BCUT2D eigenvalue weighted by Gasteiger charge is -2.23. The molecule has 0 aliphatic rings. The Balaban J connectivity index is 3.35. The van der Waals surface area contributed by atoms with Crippen molar-refractivity contribution >= 4 is 11.9 Å².